The highest BCUT2D eigenvalue weighted by molar-refractivity contribution is 7.38. The minimum Gasteiger partial charge on any atom is -0.466 e. The Kier molecular flexibility index (Phi) is 8.84. The molecule has 1 heterocycles. The maximum absolute atomic E-state index is 13.8. The number of rotatable bonds is 9. The lowest BCUT2D eigenvalue weighted by molar-refractivity contribution is -0.145. The standard InChI is InChI=1S/C27H29FNO5P/c1-5-34-22(31)15-21(30)27(35(32)33)24-23(18-11-13-20(28)14-12-18)17(4)26(29-25(24)16(2)3)19-9-7-6-8-10-19/h6-14,16,21,27,30H,5,15H2,1-4H3/p+1. The molecule has 0 spiro atoms. The van der Waals surface area contributed by atoms with Crippen LogP contribution in [0, 0.1) is 12.7 Å². The predicted molar refractivity (Wildman–Crippen MR) is 134 cm³/mol. The van der Waals surface area contributed by atoms with Crippen LogP contribution in [-0.4, -0.2) is 33.7 Å². The molecule has 6 nitrogen and oxygen atoms in total. The van der Waals surface area contributed by atoms with Gasteiger partial charge >= 0.3 is 14.0 Å². The number of nitrogens with zero attached hydrogens (tertiary/aromatic N) is 1. The number of carbonyl (C=O) groups is 1. The first-order valence-electron chi connectivity index (χ1n) is 11.5. The van der Waals surface area contributed by atoms with Crippen LogP contribution in [0.4, 0.5) is 4.39 Å². The Balaban J connectivity index is 2.36. The molecule has 3 atom stereocenters. The summed E-state index contributed by atoms with van der Waals surface area (Å²) in [7, 11) is -2.97. The van der Waals surface area contributed by atoms with E-state index in [1.54, 1.807) is 19.1 Å². The van der Waals surface area contributed by atoms with Crippen LogP contribution in [0.2, 0.25) is 0 Å². The molecule has 184 valence electrons. The molecule has 0 bridgehead atoms. The zero-order valence-corrected chi connectivity index (χ0v) is 21.1. The maximum atomic E-state index is 13.8. The van der Waals surface area contributed by atoms with Crippen molar-refractivity contribution in [3.05, 3.63) is 77.2 Å². The molecule has 0 saturated heterocycles. The summed E-state index contributed by atoms with van der Waals surface area (Å²) in [5, 5.41) is 11.0. The number of esters is 1. The Hall–Kier alpha value is -2.99. The second-order valence-electron chi connectivity index (χ2n) is 8.61. The average Bonchev–Trinajstić information content (AvgIpc) is 2.80. The van der Waals surface area contributed by atoms with Gasteiger partial charge in [0.15, 0.2) is 0 Å². The molecule has 0 aliphatic carbocycles. The Labute approximate surface area is 205 Å². The van der Waals surface area contributed by atoms with Crippen molar-refractivity contribution in [2.45, 2.75) is 51.8 Å². The van der Waals surface area contributed by atoms with Crippen LogP contribution in [-0.2, 0) is 14.1 Å². The maximum Gasteiger partial charge on any atom is 0.516 e. The first-order valence-corrected chi connectivity index (χ1v) is 12.8. The van der Waals surface area contributed by atoms with Crippen LogP contribution in [0.15, 0.2) is 54.6 Å². The third-order valence-electron chi connectivity index (χ3n) is 5.81. The first-order chi connectivity index (χ1) is 16.6. The number of aliphatic hydroxyl groups excluding tert-OH is 1. The van der Waals surface area contributed by atoms with Gasteiger partial charge in [0, 0.05) is 11.1 Å². The molecule has 3 aromatic rings. The highest BCUT2D eigenvalue weighted by Gasteiger charge is 2.44. The van der Waals surface area contributed by atoms with E-state index >= 15 is 0 Å². The van der Waals surface area contributed by atoms with Gasteiger partial charge in [-0.25, -0.2) is 4.39 Å². The third-order valence-corrected chi connectivity index (χ3v) is 6.89. The number of ether oxygens (including phenoxy) is 1. The Morgan fingerprint density at radius 2 is 1.71 bits per heavy atom. The van der Waals surface area contributed by atoms with Crippen molar-refractivity contribution < 1.29 is 28.5 Å². The molecule has 35 heavy (non-hydrogen) atoms. The Morgan fingerprint density at radius 3 is 2.26 bits per heavy atom. The fourth-order valence-electron chi connectivity index (χ4n) is 4.27. The number of hydrogen-bond acceptors (Lipinski definition) is 5. The quantitative estimate of drug-likeness (QED) is 0.274. The van der Waals surface area contributed by atoms with Crippen molar-refractivity contribution in [2.24, 2.45) is 0 Å². The van der Waals surface area contributed by atoms with E-state index in [2.05, 4.69) is 0 Å². The number of benzene rings is 2. The SMILES string of the molecule is CCOC(=O)CC(O)C(c1c(C(C)C)nc(-c2ccccc2)c(C)c1-c1ccc(F)cc1)[P+](=O)O. The molecule has 0 amide bonds. The molecule has 8 heteroatoms. The fourth-order valence-corrected chi connectivity index (χ4v) is 5.15. The van der Waals surface area contributed by atoms with Gasteiger partial charge in [-0.3, -0.25) is 9.78 Å². The molecule has 2 aromatic carbocycles. The second kappa shape index (κ2) is 11.6. The van der Waals surface area contributed by atoms with Gasteiger partial charge in [0.05, 0.1) is 24.4 Å². The molecular weight excluding hydrogens is 468 g/mol. The fraction of sp³-hybridized carbons (Fsp3) is 0.333. The molecule has 1 aromatic heterocycles. The van der Waals surface area contributed by atoms with Gasteiger partial charge < -0.3 is 9.84 Å². The van der Waals surface area contributed by atoms with E-state index in [0.29, 0.717) is 33.6 Å². The molecule has 0 saturated carbocycles. The number of carbonyl (C=O) groups excluding carboxylic acids is 1. The zero-order chi connectivity index (χ0) is 25.7. The third kappa shape index (κ3) is 5.99. The molecule has 0 fully saturated rings. The summed E-state index contributed by atoms with van der Waals surface area (Å²) in [6.07, 6.45) is -1.93. The molecule has 2 N–H and O–H groups in total. The summed E-state index contributed by atoms with van der Waals surface area (Å²) in [5.74, 6) is -1.26. The highest BCUT2D eigenvalue weighted by atomic mass is 31.1. The number of halogens is 1. The van der Waals surface area contributed by atoms with Gasteiger partial charge in [-0.15, -0.1) is 0 Å². The van der Waals surface area contributed by atoms with E-state index in [-0.39, 0.29) is 12.5 Å². The van der Waals surface area contributed by atoms with Crippen molar-refractivity contribution in [1.29, 1.82) is 0 Å². The zero-order valence-electron chi connectivity index (χ0n) is 20.2. The lowest BCUT2D eigenvalue weighted by Crippen LogP contribution is -2.24. The molecule has 0 aliphatic rings. The van der Waals surface area contributed by atoms with Crippen LogP contribution >= 0.6 is 8.03 Å². The highest BCUT2D eigenvalue weighted by Crippen LogP contribution is 2.50. The minimum atomic E-state index is -2.97. The van der Waals surface area contributed by atoms with Crippen molar-refractivity contribution in [3.63, 3.8) is 0 Å². The van der Waals surface area contributed by atoms with Crippen LogP contribution in [0.5, 0.6) is 0 Å². The monoisotopic (exact) mass is 498 g/mol. The van der Waals surface area contributed by atoms with Crippen molar-refractivity contribution in [1.82, 2.24) is 4.98 Å². The van der Waals surface area contributed by atoms with E-state index in [1.807, 2.05) is 51.1 Å². The molecule has 0 aliphatic heterocycles. The molecule has 0 radical (unpaired) electrons. The lowest BCUT2D eigenvalue weighted by Gasteiger charge is -2.24. The van der Waals surface area contributed by atoms with Crippen molar-refractivity contribution in [3.8, 4) is 22.4 Å². The summed E-state index contributed by atoms with van der Waals surface area (Å²) in [6.45, 7) is 7.44. The minimum absolute atomic E-state index is 0.131. The topological polar surface area (TPSA) is 96.7 Å². The van der Waals surface area contributed by atoms with E-state index in [4.69, 9.17) is 9.72 Å². The number of pyridine rings is 1. The summed E-state index contributed by atoms with van der Waals surface area (Å²) < 4.78 is 31.5. The predicted octanol–water partition coefficient (Wildman–Crippen LogP) is 6.08. The number of aromatic nitrogens is 1. The van der Waals surface area contributed by atoms with Gasteiger partial charge in [0.2, 0.25) is 5.66 Å². The second-order valence-corrected chi connectivity index (χ2v) is 9.77. The summed E-state index contributed by atoms with van der Waals surface area (Å²) >= 11 is 0. The van der Waals surface area contributed by atoms with E-state index < -0.39 is 38.0 Å². The van der Waals surface area contributed by atoms with Gasteiger partial charge in [-0.05, 0) is 53.2 Å². The summed E-state index contributed by atoms with van der Waals surface area (Å²) in [5.41, 5.74) is 3.07. The Morgan fingerprint density at radius 1 is 1.09 bits per heavy atom. The summed E-state index contributed by atoms with van der Waals surface area (Å²) in [4.78, 5) is 27.4. The van der Waals surface area contributed by atoms with Crippen LogP contribution in [0.1, 0.15) is 55.6 Å². The van der Waals surface area contributed by atoms with Gasteiger partial charge in [0.1, 0.15) is 11.9 Å². The first kappa shape index (κ1) is 26.6. The van der Waals surface area contributed by atoms with Crippen LogP contribution < -0.4 is 0 Å². The average molecular weight is 499 g/mol. The normalized spacial score (nSPS) is 13.4. The van der Waals surface area contributed by atoms with E-state index in [9.17, 15) is 23.7 Å². The van der Waals surface area contributed by atoms with Crippen LogP contribution in [0.3, 0.4) is 0 Å². The molecular formula is C27H30FNO5P+. The van der Waals surface area contributed by atoms with Crippen LogP contribution in [0.25, 0.3) is 22.4 Å². The van der Waals surface area contributed by atoms with Crippen molar-refractivity contribution >= 4 is 14.0 Å². The van der Waals surface area contributed by atoms with Crippen molar-refractivity contribution in [2.75, 3.05) is 6.61 Å². The van der Waals surface area contributed by atoms with Gasteiger partial charge in [0.25, 0.3) is 0 Å². The number of aliphatic hydroxyl groups is 1. The van der Waals surface area contributed by atoms with Gasteiger partial charge in [-0.1, -0.05) is 56.3 Å². The lowest BCUT2D eigenvalue weighted by atomic mass is 9.85. The smallest absolute Gasteiger partial charge is 0.466 e. The van der Waals surface area contributed by atoms with E-state index in [1.165, 1.54) is 12.1 Å². The molecule has 3 unspecified atom stereocenters. The molecule has 3 rings (SSSR count). The summed E-state index contributed by atoms with van der Waals surface area (Å²) in [6, 6.07) is 15.4. The van der Waals surface area contributed by atoms with E-state index in [0.717, 1.165) is 5.56 Å². The Bertz CT molecular complexity index is 1200. The largest absolute Gasteiger partial charge is 0.516 e. The van der Waals surface area contributed by atoms with Gasteiger partial charge in [-0.2, -0.15) is 4.89 Å². The number of hydrogen-bond donors (Lipinski definition) is 2.